The first-order valence-electron chi connectivity index (χ1n) is 8.71. The predicted molar refractivity (Wildman–Crippen MR) is 103 cm³/mol. The van der Waals surface area contributed by atoms with Crippen LogP contribution >= 0.6 is 0 Å². The molecule has 3 rings (SSSR count). The largest absolute Gasteiger partial charge is 0.479 e. The van der Waals surface area contributed by atoms with Gasteiger partial charge in [0, 0.05) is 6.07 Å². The molecule has 2 atom stereocenters. The number of carbonyl (C=O) groups is 2. The summed E-state index contributed by atoms with van der Waals surface area (Å²) in [5.41, 5.74) is 0.902. The molecule has 3 aromatic rings. The van der Waals surface area contributed by atoms with E-state index in [1.165, 1.54) is 38.3 Å². The Morgan fingerprint density at radius 1 is 0.897 bits per heavy atom. The van der Waals surface area contributed by atoms with E-state index >= 15 is 0 Å². The molecule has 2 N–H and O–H groups in total. The number of hydrogen-bond donors (Lipinski definition) is 2. The van der Waals surface area contributed by atoms with Gasteiger partial charge in [0.2, 0.25) is 0 Å². The molecule has 0 saturated carbocycles. The Morgan fingerprint density at radius 2 is 1.45 bits per heavy atom. The third kappa shape index (κ3) is 4.37. The maximum atomic E-state index is 12.8. The molecule has 0 bridgehead atoms. The van der Waals surface area contributed by atoms with Crippen molar-refractivity contribution in [1.29, 1.82) is 0 Å². The predicted octanol–water partition coefficient (Wildman–Crippen LogP) is 3.16. The monoisotopic (exact) mass is 398 g/mol. The number of rotatable bonds is 7. The van der Waals surface area contributed by atoms with Gasteiger partial charge in [-0.1, -0.05) is 12.1 Å². The quantitative estimate of drug-likeness (QED) is 0.622. The lowest BCUT2D eigenvalue weighted by Crippen LogP contribution is -2.22. The maximum Gasteiger partial charge on any atom is 0.344 e. The summed E-state index contributed by atoms with van der Waals surface area (Å²) in [5, 5.41) is 18.1. The second-order valence-corrected chi connectivity index (χ2v) is 6.36. The number of aliphatic carboxylic acids is 2. The molecule has 1 heterocycles. The first-order chi connectivity index (χ1) is 13.8. The van der Waals surface area contributed by atoms with E-state index in [2.05, 4.69) is 0 Å². The summed E-state index contributed by atoms with van der Waals surface area (Å²) in [6, 6.07) is 10.9. The fourth-order valence-corrected chi connectivity index (χ4v) is 2.60. The lowest BCUT2D eigenvalue weighted by atomic mass is 10.1. The van der Waals surface area contributed by atoms with E-state index < -0.39 is 24.1 Å². The van der Waals surface area contributed by atoms with Crippen LogP contribution in [0.15, 0.2) is 57.9 Å². The van der Waals surface area contributed by atoms with Crippen LogP contribution in [0.1, 0.15) is 13.8 Å². The molecular weight excluding hydrogens is 380 g/mol. The van der Waals surface area contributed by atoms with E-state index in [0.717, 1.165) is 0 Å². The van der Waals surface area contributed by atoms with Gasteiger partial charge < -0.3 is 24.1 Å². The van der Waals surface area contributed by atoms with Gasteiger partial charge in [0.05, 0.1) is 10.9 Å². The van der Waals surface area contributed by atoms with E-state index in [4.69, 9.17) is 24.1 Å². The highest BCUT2D eigenvalue weighted by Crippen LogP contribution is 2.25. The van der Waals surface area contributed by atoms with Crippen molar-refractivity contribution in [2.45, 2.75) is 26.1 Å². The van der Waals surface area contributed by atoms with Gasteiger partial charge in [-0.15, -0.1) is 0 Å². The minimum absolute atomic E-state index is 0.267. The number of ether oxygens (including phenoxy) is 2. The topological polar surface area (TPSA) is 123 Å². The van der Waals surface area contributed by atoms with E-state index in [9.17, 15) is 14.4 Å². The fourth-order valence-electron chi connectivity index (χ4n) is 2.60. The summed E-state index contributed by atoms with van der Waals surface area (Å²) in [6.45, 7) is 2.82. The first-order valence-corrected chi connectivity index (χ1v) is 8.71. The van der Waals surface area contributed by atoms with Gasteiger partial charge in [0.15, 0.2) is 17.6 Å². The SMILES string of the molecule is C[C@@H](Oc1ccc(-c2coc3cc(O[C@H](C)C(=O)O)ccc3c2=O)cc1)C(=O)O. The van der Waals surface area contributed by atoms with Crippen LogP contribution in [0.4, 0.5) is 0 Å². The third-order valence-corrected chi connectivity index (χ3v) is 4.23. The molecule has 2 aromatic carbocycles. The second-order valence-electron chi connectivity index (χ2n) is 6.36. The van der Waals surface area contributed by atoms with Crippen molar-refractivity contribution in [3.63, 3.8) is 0 Å². The van der Waals surface area contributed by atoms with Crippen molar-refractivity contribution in [1.82, 2.24) is 0 Å². The Balaban J connectivity index is 1.89. The van der Waals surface area contributed by atoms with Gasteiger partial charge in [-0.25, -0.2) is 9.59 Å². The zero-order valence-corrected chi connectivity index (χ0v) is 15.6. The molecule has 150 valence electrons. The van der Waals surface area contributed by atoms with E-state index in [1.54, 1.807) is 24.3 Å². The molecule has 1 aromatic heterocycles. The number of benzene rings is 2. The highest BCUT2D eigenvalue weighted by Gasteiger charge is 2.15. The van der Waals surface area contributed by atoms with Crippen molar-refractivity contribution in [3.8, 4) is 22.6 Å². The van der Waals surface area contributed by atoms with E-state index in [1.807, 2.05) is 0 Å². The van der Waals surface area contributed by atoms with Crippen molar-refractivity contribution < 1.29 is 33.7 Å². The van der Waals surface area contributed by atoms with Gasteiger partial charge in [-0.2, -0.15) is 0 Å². The Hall–Kier alpha value is -3.81. The van der Waals surface area contributed by atoms with Crippen LogP contribution in [-0.4, -0.2) is 34.4 Å². The summed E-state index contributed by atoms with van der Waals surface area (Å²) < 4.78 is 16.1. The van der Waals surface area contributed by atoms with Crippen LogP contribution in [-0.2, 0) is 9.59 Å². The van der Waals surface area contributed by atoms with Crippen molar-refractivity contribution >= 4 is 22.9 Å². The van der Waals surface area contributed by atoms with Crippen LogP contribution in [0, 0.1) is 0 Å². The average molecular weight is 398 g/mol. The molecule has 0 radical (unpaired) electrons. The minimum Gasteiger partial charge on any atom is -0.479 e. The number of hydrogen-bond acceptors (Lipinski definition) is 6. The van der Waals surface area contributed by atoms with Gasteiger partial charge >= 0.3 is 11.9 Å². The van der Waals surface area contributed by atoms with Crippen LogP contribution in [0.25, 0.3) is 22.1 Å². The van der Waals surface area contributed by atoms with Crippen molar-refractivity contribution in [2.24, 2.45) is 0 Å². The Morgan fingerprint density at radius 3 is 2.03 bits per heavy atom. The molecule has 0 amide bonds. The lowest BCUT2D eigenvalue weighted by molar-refractivity contribution is -0.145. The number of carboxylic acid groups (broad SMARTS) is 2. The zero-order chi connectivity index (χ0) is 21.1. The minimum atomic E-state index is -1.10. The van der Waals surface area contributed by atoms with Gasteiger partial charge in [0.1, 0.15) is 23.3 Å². The van der Waals surface area contributed by atoms with Gasteiger partial charge in [-0.3, -0.25) is 4.79 Å². The van der Waals surface area contributed by atoms with Crippen LogP contribution in [0.5, 0.6) is 11.5 Å². The van der Waals surface area contributed by atoms with Crippen molar-refractivity contribution in [2.75, 3.05) is 0 Å². The molecule has 29 heavy (non-hydrogen) atoms. The standard InChI is InChI=1S/C21H18O8/c1-11(20(23)24)28-14-5-3-13(4-6-14)17-10-27-18-9-15(29-12(2)21(25)26)7-8-16(18)19(17)22/h3-12H,1-2H3,(H,23,24)(H,25,26)/t11-,12-/m1/s1. The molecule has 0 aliphatic rings. The normalized spacial score (nSPS) is 12.9. The summed E-state index contributed by atoms with van der Waals surface area (Å²) in [7, 11) is 0. The Labute approximate surface area is 164 Å². The first kappa shape index (κ1) is 19.9. The van der Waals surface area contributed by atoms with Crippen LogP contribution < -0.4 is 14.9 Å². The summed E-state index contributed by atoms with van der Waals surface area (Å²) >= 11 is 0. The molecule has 0 fully saturated rings. The van der Waals surface area contributed by atoms with Crippen molar-refractivity contribution in [3.05, 3.63) is 59.0 Å². The molecular formula is C21H18O8. The fraction of sp³-hybridized carbons (Fsp3) is 0.190. The Kier molecular flexibility index (Phi) is 5.54. The van der Waals surface area contributed by atoms with Crippen LogP contribution in [0.3, 0.4) is 0 Å². The second kappa shape index (κ2) is 8.05. The number of carboxylic acids is 2. The van der Waals surface area contributed by atoms with Gasteiger partial charge in [-0.05, 0) is 43.7 Å². The molecule has 0 aliphatic heterocycles. The summed E-state index contributed by atoms with van der Waals surface area (Å²) in [4.78, 5) is 34.6. The average Bonchev–Trinajstić information content (AvgIpc) is 2.69. The highest BCUT2D eigenvalue weighted by molar-refractivity contribution is 5.83. The van der Waals surface area contributed by atoms with E-state index in [-0.39, 0.29) is 16.8 Å². The Bertz CT molecular complexity index is 1110. The van der Waals surface area contributed by atoms with Crippen LogP contribution in [0.2, 0.25) is 0 Å². The molecule has 8 nitrogen and oxygen atoms in total. The summed E-state index contributed by atoms with van der Waals surface area (Å²) in [5.74, 6) is -1.54. The van der Waals surface area contributed by atoms with Gasteiger partial charge in [0.25, 0.3) is 0 Å². The summed E-state index contributed by atoms with van der Waals surface area (Å²) in [6.07, 6.45) is -0.722. The van der Waals surface area contributed by atoms with E-state index in [0.29, 0.717) is 22.3 Å². The molecule has 0 unspecified atom stereocenters. The molecule has 0 aliphatic carbocycles. The number of fused-ring (bicyclic) bond motifs is 1. The highest BCUT2D eigenvalue weighted by atomic mass is 16.5. The molecule has 8 heteroatoms. The molecule has 0 spiro atoms. The third-order valence-electron chi connectivity index (χ3n) is 4.23. The molecule has 0 saturated heterocycles. The zero-order valence-electron chi connectivity index (χ0n) is 15.6. The lowest BCUT2D eigenvalue weighted by Gasteiger charge is -2.11. The maximum absolute atomic E-state index is 12.8. The smallest absolute Gasteiger partial charge is 0.344 e.